The Bertz CT molecular complexity index is 873. The highest BCUT2D eigenvalue weighted by molar-refractivity contribution is 7.90. The molecule has 0 heterocycles. The summed E-state index contributed by atoms with van der Waals surface area (Å²) in [6.07, 6.45) is 1.14. The van der Waals surface area contributed by atoms with Gasteiger partial charge in [0.25, 0.3) is 0 Å². The normalized spacial score (nSPS) is 10.8. The minimum atomic E-state index is -3.59. The number of carbonyl (C=O) groups is 1. The number of amides is 1. The van der Waals surface area contributed by atoms with Gasteiger partial charge in [0, 0.05) is 11.3 Å². The van der Waals surface area contributed by atoms with Crippen LogP contribution in [-0.2, 0) is 20.4 Å². The maximum Gasteiger partial charge on any atom is 0.247 e. The van der Waals surface area contributed by atoms with E-state index in [1.165, 1.54) is 38.5 Å². The fraction of sp³-hybridized carbons (Fsp3) is 0.167. The van der Waals surface area contributed by atoms with Crippen LogP contribution in [-0.4, -0.2) is 28.5 Å². The van der Waals surface area contributed by atoms with Crippen LogP contribution in [0.25, 0.3) is 0 Å². The van der Waals surface area contributed by atoms with Crippen LogP contribution in [0.4, 0.5) is 5.69 Å². The SMILES string of the molecule is C=CC(=O)Nc1ccc(S(=O)(=O)Cc2cc(OC)ccc2OC)cc1. The third-order valence-corrected chi connectivity index (χ3v) is 5.18. The number of carbonyl (C=O) groups excluding carboxylic acids is 1. The zero-order valence-electron chi connectivity index (χ0n) is 14.0. The third kappa shape index (κ3) is 4.60. The minimum absolute atomic E-state index is 0.147. The van der Waals surface area contributed by atoms with Crippen LogP contribution < -0.4 is 14.8 Å². The van der Waals surface area contributed by atoms with Gasteiger partial charge in [-0.3, -0.25) is 4.79 Å². The molecular weight excluding hydrogens is 342 g/mol. The Morgan fingerprint density at radius 2 is 1.80 bits per heavy atom. The van der Waals surface area contributed by atoms with E-state index in [2.05, 4.69) is 11.9 Å². The number of hydrogen-bond acceptors (Lipinski definition) is 5. The van der Waals surface area contributed by atoms with Gasteiger partial charge in [0.15, 0.2) is 9.84 Å². The predicted octanol–water partition coefficient (Wildman–Crippen LogP) is 2.80. The van der Waals surface area contributed by atoms with Gasteiger partial charge in [-0.1, -0.05) is 6.58 Å². The first-order chi connectivity index (χ1) is 11.9. The highest BCUT2D eigenvalue weighted by Gasteiger charge is 2.18. The lowest BCUT2D eigenvalue weighted by atomic mass is 10.2. The number of benzene rings is 2. The van der Waals surface area contributed by atoms with Crippen molar-refractivity contribution in [3.8, 4) is 11.5 Å². The quantitative estimate of drug-likeness (QED) is 0.767. The van der Waals surface area contributed by atoms with Gasteiger partial charge in [0.2, 0.25) is 5.91 Å². The molecule has 7 heteroatoms. The summed E-state index contributed by atoms with van der Waals surface area (Å²) in [6, 6.07) is 10.9. The zero-order valence-corrected chi connectivity index (χ0v) is 14.8. The summed E-state index contributed by atoms with van der Waals surface area (Å²) < 4.78 is 35.7. The van der Waals surface area contributed by atoms with Crippen LogP contribution in [0.15, 0.2) is 60.0 Å². The first-order valence-corrected chi connectivity index (χ1v) is 9.02. The largest absolute Gasteiger partial charge is 0.497 e. The predicted molar refractivity (Wildman–Crippen MR) is 95.7 cm³/mol. The van der Waals surface area contributed by atoms with E-state index in [1.54, 1.807) is 18.2 Å². The summed E-state index contributed by atoms with van der Waals surface area (Å²) in [5.41, 5.74) is 0.994. The first-order valence-electron chi connectivity index (χ1n) is 7.36. The van der Waals surface area contributed by atoms with E-state index in [0.29, 0.717) is 22.7 Å². The second kappa shape index (κ2) is 7.85. The van der Waals surface area contributed by atoms with E-state index in [0.717, 1.165) is 6.08 Å². The molecule has 0 spiro atoms. The molecule has 0 aromatic heterocycles. The molecule has 0 aliphatic heterocycles. The average Bonchev–Trinajstić information content (AvgIpc) is 2.61. The van der Waals surface area contributed by atoms with Crippen LogP contribution in [0.3, 0.4) is 0 Å². The number of sulfone groups is 1. The Morgan fingerprint density at radius 3 is 2.36 bits per heavy atom. The van der Waals surface area contributed by atoms with Crippen LogP contribution >= 0.6 is 0 Å². The van der Waals surface area contributed by atoms with Gasteiger partial charge in [-0.25, -0.2) is 8.42 Å². The highest BCUT2D eigenvalue weighted by Crippen LogP contribution is 2.28. The summed E-state index contributed by atoms with van der Waals surface area (Å²) in [5.74, 6) is 0.426. The molecule has 2 rings (SSSR count). The molecule has 0 atom stereocenters. The standard InChI is InChI=1S/C18H19NO5S/c1-4-18(20)19-14-5-8-16(9-6-14)25(21,22)12-13-11-15(23-2)7-10-17(13)24-3/h4-11H,1,12H2,2-3H3,(H,19,20). The van der Waals surface area contributed by atoms with E-state index in [1.807, 2.05) is 0 Å². The molecule has 25 heavy (non-hydrogen) atoms. The van der Waals surface area contributed by atoms with Crippen LogP contribution in [0.1, 0.15) is 5.56 Å². The van der Waals surface area contributed by atoms with Crippen molar-refractivity contribution < 1.29 is 22.7 Å². The number of methoxy groups -OCH3 is 2. The highest BCUT2D eigenvalue weighted by atomic mass is 32.2. The smallest absolute Gasteiger partial charge is 0.247 e. The van der Waals surface area contributed by atoms with Crippen LogP contribution in [0, 0.1) is 0 Å². The van der Waals surface area contributed by atoms with E-state index in [4.69, 9.17) is 9.47 Å². The molecule has 2 aromatic rings. The Hall–Kier alpha value is -2.80. The summed E-state index contributed by atoms with van der Waals surface area (Å²) in [7, 11) is -0.599. The Kier molecular flexibility index (Phi) is 5.82. The van der Waals surface area contributed by atoms with E-state index in [9.17, 15) is 13.2 Å². The monoisotopic (exact) mass is 361 g/mol. The lowest BCUT2D eigenvalue weighted by Gasteiger charge is -2.11. The maximum atomic E-state index is 12.7. The van der Waals surface area contributed by atoms with Crippen molar-refractivity contribution in [1.29, 1.82) is 0 Å². The molecule has 2 aromatic carbocycles. The Balaban J connectivity index is 2.27. The van der Waals surface area contributed by atoms with Crippen molar-refractivity contribution in [2.75, 3.05) is 19.5 Å². The number of nitrogens with one attached hydrogen (secondary N) is 1. The summed E-state index contributed by atoms with van der Waals surface area (Å²) >= 11 is 0. The molecule has 1 N–H and O–H groups in total. The van der Waals surface area contributed by atoms with Crippen molar-refractivity contribution in [2.24, 2.45) is 0 Å². The molecule has 6 nitrogen and oxygen atoms in total. The van der Waals surface area contributed by atoms with Gasteiger partial charge >= 0.3 is 0 Å². The summed E-state index contributed by atoms with van der Waals surface area (Å²) in [5, 5.41) is 2.56. The van der Waals surface area contributed by atoms with Gasteiger partial charge < -0.3 is 14.8 Å². The minimum Gasteiger partial charge on any atom is -0.497 e. The zero-order chi connectivity index (χ0) is 18.4. The van der Waals surface area contributed by atoms with Gasteiger partial charge in [0.1, 0.15) is 11.5 Å². The number of ether oxygens (including phenoxy) is 2. The molecule has 0 bridgehead atoms. The van der Waals surface area contributed by atoms with E-state index in [-0.39, 0.29) is 16.6 Å². The van der Waals surface area contributed by atoms with Gasteiger partial charge in [-0.2, -0.15) is 0 Å². The molecule has 0 radical (unpaired) electrons. The average molecular weight is 361 g/mol. The van der Waals surface area contributed by atoms with Gasteiger partial charge in [-0.05, 0) is 48.5 Å². The van der Waals surface area contributed by atoms with Crippen molar-refractivity contribution in [3.05, 3.63) is 60.7 Å². The number of rotatable bonds is 7. The summed E-state index contributed by atoms with van der Waals surface area (Å²) in [4.78, 5) is 11.4. The van der Waals surface area contributed by atoms with Crippen LogP contribution in [0.5, 0.6) is 11.5 Å². The third-order valence-electron chi connectivity index (χ3n) is 3.50. The lowest BCUT2D eigenvalue weighted by molar-refractivity contribution is -0.111. The topological polar surface area (TPSA) is 81.7 Å². The first kappa shape index (κ1) is 18.5. The van der Waals surface area contributed by atoms with Crippen molar-refractivity contribution in [2.45, 2.75) is 10.6 Å². The molecule has 0 aliphatic rings. The molecule has 0 unspecified atom stereocenters. The van der Waals surface area contributed by atoms with Crippen molar-refractivity contribution >= 4 is 21.4 Å². The van der Waals surface area contributed by atoms with Gasteiger partial charge in [-0.15, -0.1) is 0 Å². The Morgan fingerprint density at radius 1 is 1.12 bits per heavy atom. The molecule has 0 aliphatic carbocycles. The van der Waals surface area contributed by atoms with Crippen molar-refractivity contribution in [3.63, 3.8) is 0 Å². The van der Waals surface area contributed by atoms with Crippen LogP contribution in [0.2, 0.25) is 0 Å². The fourth-order valence-corrected chi connectivity index (χ4v) is 3.57. The van der Waals surface area contributed by atoms with Crippen molar-refractivity contribution in [1.82, 2.24) is 0 Å². The van der Waals surface area contributed by atoms with E-state index < -0.39 is 9.84 Å². The molecule has 0 fully saturated rings. The number of hydrogen-bond donors (Lipinski definition) is 1. The Labute approximate surface area is 147 Å². The molecule has 0 saturated carbocycles. The number of anilines is 1. The maximum absolute atomic E-state index is 12.7. The molecule has 1 amide bonds. The molecule has 0 saturated heterocycles. The van der Waals surface area contributed by atoms with E-state index >= 15 is 0 Å². The second-order valence-corrected chi connectivity index (χ2v) is 7.14. The molecule has 132 valence electrons. The second-order valence-electron chi connectivity index (χ2n) is 5.15. The summed E-state index contributed by atoms with van der Waals surface area (Å²) in [6.45, 7) is 3.36. The van der Waals surface area contributed by atoms with Gasteiger partial charge in [0.05, 0.1) is 24.9 Å². The molecular formula is C18H19NO5S. The fourth-order valence-electron chi connectivity index (χ4n) is 2.22. The lowest BCUT2D eigenvalue weighted by Crippen LogP contribution is -2.09.